The van der Waals surface area contributed by atoms with Crippen molar-refractivity contribution in [3.05, 3.63) is 58.1 Å². The van der Waals surface area contributed by atoms with Crippen LogP contribution in [0.4, 0.5) is 0 Å². The number of benzene rings is 2. The fourth-order valence-electron chi connectivity index (χ4n) is 2.05. The molecule has 2 nitrogen and oxygen atoms in total. The van der Waals surface area contributed by atoms with Crippen LogP contribution in [0.3, 0.4) is 0 Å². The SMILES string of the molecule is ClC(Cc1ccc(Br)cc1)c1ccc2c(c1)OCO2. The van der Waals surface area contributed by atoms with E-state index in [0.29, 0.717) is 6.79 Å². The van der Waals surface area contributed by atoms with Crippen LogP contribution in [0.2, 0.25) is 0 Å². The monoisotopic (exact) mass is 338 g/mol. The summed E-state index contributed by atoms with van der Waals surface area (Å²) in [6.45, 7) is 0.290. The lowest BCUT2D eigenvalue weighted by atomic mass is 10.0. The standard InChI is InChI=1S/C15H12BrClO2/c16-12-4-1-10(2-5-12)7-13(17)11-3-6-14-15(8-11)19-9-18-14/h1-6,8,13H,7,9H2. The van der Waals surface area contributed by atoms with Crippen molar-refractivity contribution < 1.29 is 9.47 Å². The van der Waals surface area contributed by atoms with Gasteiger partial charge >= 0.3 is 0 Å². The normalized spacial score (nSPS) is 14.4. The maximum Gasteiger partial charge on any atom is 0.231 e. The molecular formula is C15H12BrClO2. The van der Waals surface area contributed by atoms with E-state index in [9.17, 15) is 0 Å². The van der Waals surface area contributed by atoms with Gasteiger partial charge in [-0.2, -0.15) is 0 Å². The first kappa shape index (κ1) is 12.8. The fourth-order valence-corrected chi connectivity index (χ4v) is 2.63. The number of fused-ring (bicyclic) bond motifs is 1. The molecule has 2 aromatic rings. The smallest absolute Gasteiger partial charge is 0.231 e. The second kappa shape index (κ2) is 5.43. The largest absolute Gasteiger partial charge is 0.454 e. The van der Waals surface area contributed by atoms with Crippen molar-refractivity contribution in [2.24, 2.45) is 0 Å². The van der Waals surface area contributed by atoms with Gasteiger partial charge in [0.05, 0.1) is 5.38 Å². The Balaban J connectivity index is 1.76. The van der Waals surface area contributed by atoms with Crippen LogP contribution in [0.25, 0.3) is 0 Å². The van der Waals surface area contributed by atoms with E-state index in [1.807, 2.05) is 30.3 Å². The summed E-state index contributed by atoms with van der Waals surface area (Å²) in [5.41, 5.74) is 2.26. The van der Waals surface area contributed by atoms with E-state index >= 15 is 0 Å². The summed E-state index contributed by atoms with van der Waals surface area (Å²) in [4.78, 5) is 0. The number of ether oxygens (including phenoxy) is 2. The molecule has 1 atom stereocenters. The summed E-state index contributed by atoms with van der Waals surface area (Å²) in [6.07, 6.45) is 0.786. The molecule has 0 fully saturated rings. The van der Waals surface area contributed by atoms with Crippen molar-refractivity contribution >= 4 is 27.5 Å². The molecular weight excluding hydrogens is 328 g/mol. The second-order valence-corrected chi connectivity index (χ2v) is 5.85. The Morgan fingerprint density at radius 3 is 2.58 bits per heavy atom. The Hall–Kier alpha value is -1.19. The third kappa shape index (κ3) is 2.88. The lowest BCUT2D eigenvalue weighted by Crippen LogP contribution is -1.96. The first-order chi connectivity index (χ1) is 9.22. The molecule has 0 saturated heterocycles. The average molecular weight is 340 g/mol. The Morgan fingerprint density at radius 1 is 1.05 bits per heavy atom. The zero-order valence-electron chi connectivity index (χ0n) is 10.1. The molecule has 0 radical (unpaired) electrons. The van der Waals surface area contributed by atoms with Crippen LogP contribution in [0.1, 0.15) is 16.5 Å². The van der Waals surface area contributed by atoms with Crippen LogP contribution < -0.4 is 9.47 Å². The predicted octanol–water partition coefficient (Wildman–Crippen LogP) is 4.70. The van der Waals surface area contributed by atoms with Gasteiger partial charge in [-0.05, 0) is 41.8 Å². The van der Waals surface area contributed by atoms with Gasteiger partial charge in [0.2, 0.25) is 6.79 Å². The molecule has 0 spiro atoms. The van der Waals surface area contributed by atoms with E-state index in [-0.39, 0.29) is 5.38 Å². The molecule has 2 aromatic carbocycles. The molecule has 0 aromatic heterocycles. The average Bonchev–Trinajstić information content (AvgIpc) is 2.88. The lowest BCUT2D eigenvalue weighted by Gasteiger charge is -2.11. The van der Waals surface area contributed by atoms with Gasteiger partial charge in [-0.25, -0.2) is 0 Å². The molecule has 0 saturated carbocycles. The van der Waals surface area contributed by atoms with Crippen LogP contribution in [0.15, 0.2) is 46.9 Å². The first-order valence-electron chi connectivity index (χ1n) is 6.00. The van der Waals surface area contributed by atoms with Crippen LogP contribution in [-0.2, 0) is 6.42 Å². The minimum atomic E-state index is -0.0734. The van der Waals surface area contributed by atoms with Gasteiger partial charge in [0, 0.05) is 4.47 Å². The molecule has 0 amide bonds. The molecule has 3 rings (SSSR count). The minimum Gasteiger partial charge on any atom is -0.454 e. The van der Waals surface area contributed by atoms with Gasteiger partial charge in [-0.3, -0.25) is 0 Å². The van der Waals surface area contributed by atoms with Crippen molar-refractivity contribution in [2.75, 3.05) is 6.79 Å². The molecule has 19 heavy (non-hydrogen) atoms. The van der Waals surface area contributed by atoms with Crippen molar-refractivity contribution in [3.63, 3.8) is 0 Å². The highest BCUT2D eigenvalue weighted by Gasteiger charge is 2.16. The summed E-state index contributed by atoms with van der Waals surface area (Å²) in [7, 11) is 0. The number of hydrogen-bond acceptors (Lipinski definition) is 2. The predicted molar refractivity (Wildman–Crippen MR) is 79.0 cm³/mol. The molecule has 0 bridgehead atoms. The molecule has 0 N–H and O–H groups in total. The van der Waals surface area contributed by atoms with Gasteiger partial charge in [-0.1, -0.05) is 34.1 Å². The number of alkyl halides is 1. The van der Waals surface area contributed by atoms with Crippen LogP contribution in [0, 0.1) is 0 Å². The summed E-state index contributed by atoms with van der Waals surface area (Å²) in [6, 6.07) is 14.1. The van der Waals surface area contributed by atoms with Crippen molar-refractivity contribution in [3.8, 4) is 11.5 Å². The Labute approximate surface area is 125 Å². The quantitative estimate of drug-likeness (QED) is 0.755. The van der Waals surface area contributed by atoms with Crippen LogP contribution in [0.5, 0.6) is 11.5 Å². The Kier molecular flexibility index (Phi) is 3.67. The summed E-state index contributed by atoms with van der Waals surface area (Å²) >= 11 is 9.90. The first-order valence-corrected chi connectivity index (χ1v) is 7.23. The van der Waals surface area contributed by atoms with Crippen molar-refractivity contribution in [1.82, 2.24) is 0 Å². The van der Waals surface area contributed by atoms with Gasteiger partial charge in [-0.15, -0.1) is 11.6 Å². The number of hydrogen-bond donors (Lipinski definition) is 0. The van der Waals surface area contributed by atoms with E-state index < -0.39 is 0 Å². The van der Waals surface area contributed by atoms with Crippen LogP contribution in [-0.4, -0.2) is 6.79 Å². The molecule has 1 heterocycles. The lowest BCUT2D eigenvalue weighted by molar-refractivity contribution is 0.174. The van der Waals surface area contributed by atoms with E-state index in [1.54, 1.807) is 0 Å². The van der Waals surface area contributed by atoms with Gasteiger partial charge in [0.1, 0.15) is 0 Å². The summed E-state index contributed by atoms with van der Waals surface area (Å²) < 4.78 is 11.7. The van der Waals surface area contributed by atoms with Gasteiger partial charge in [0.25, 0.3) is 0 Å². The maximum absolute atomic E-state index is 6.47. The van der Waals surface area contributed by atoms with E-state index in [2.05, 4.69) is 28.1 Å². The molecule has 98 valence electrons. The molecule has 1 aliphatic rings. The topological polar surface area (TPSA) is 18.5 Å². The third-order valence-corrected chi connectivity index (χ3v) is 4.02. The van der Waals surface area contributed by atoms with E-state index in [1.165, 1.54) is 5.56 Å². The highest BCUT2D eigenvalue weighted by molar-refractivity contribution is 9.10. The zero-order valence-corrected chi connectivity index (χ0v) is 12.4. The number of halogens is 2. The second-order valence-electron chi connectivity index (χ2n) is 4.41. The Morgan fingerprint density at radius 2 is 1.79 bits per heavy atom. The van der Waals surface area contributed by atoms with Gasteiger partial charge in [0.15, 0.2) is 11.5 Å². The summed E-state index contributed by atoms with van der Waals surface area (Å²) in [5, 5.41) is -0.0734. The van der Waals surface area contributed by atoms with E-state index in [0.717, 1.165) is 28.0 Å². The minimum absolute atomic E-state index is 0.0734. The molecule has 1 aliphatic heterocycles. The molecule has 1 unspecified atom stereocenters. The highest BCUT2D eigenvalue weighted by atomic mass is 79.9. The molecule has 0 aliphatic carbocycles. The number of rotatable bonds is 3. The van der Waals surface area contributed by atoms with Crippen molar-refractivity contribution in [1.29, 1.82) is 0 Å². The molecule has 4 heteroatoms. The summed E-state index contributed by atoms with van der Waals surface area (Å²) in [5.74, 6) is 1.57. The van der Waals surface area contributed by atoms with Gasteiger partial charge < -0.3 is 9.47 Å². The van der Waals surface area contributed by atoms with E-state index in [4.69, 9.17) is 21.1 Å². The fraction of sp³-hybridized carbons (Fsp3) is 0.200. The van der Waals surface area contributed by atoms with Crippen LogP contribution >= 0.6 is 27.5 Å². The third-order valence-electron chi connectivity index (χ3n) is 3.09. The maximum atomic E-state index is 6.47. The van der Waals surface area contributed by atoms with Crippen molar-refractivity contribution in [2.45, 2.75) is 11.8 Å². The highest BCUT2D eigenvalue weighted by Crippen LogP contribution is 2.36. The Bertz CT molecular complexity index is 583. The zero-order chi connectivity index (χ0) is 13.2.